The van der Waals surface area contributed by atoms with Gasteiger partial charge in [0.15, 0.2) is 0 Å². The van der Waals surface area contributed by atoms with Crippen molar-refractivity contribution < 1.29 is 33.9 Å². The Bertz CT molecular complexity index is 624. The molecule has 13 nitrogen and oxygen atoms in total. The second kappa shape index (κ2) is 12.2. The topological polar surface area (TPSA) is 237 Å². The number of nitrogens with two attached hydrogens (primary N) is 3. The minimum absolute atomic E-state index is 0.000491. The van der Waals surface area contributed by atoms with E-state index in [1.807, 2.05) is 0 Å². The molecule has 0 aromatic rings. The van der Waals surface area contributed by atoms with Gasteiger partial charge in [-0.05, 0) is 19.8 Å². The lowest BCUT2D eigenvalue weighted by atomic mass is 10.1. The van der Waals surface area contributed by atoms with E-state index in [1.54, 1.807) is 0 Å². The van der Waals surface area contributed by atoms with E-state index in [9.17, 15) is 28.8 Å². The number of primary amides is 2. The average molecular weight is 402 g/mol. The smallest absolute Gasteiger partial charge is 0.325 e. The van der Waals surface area contributed by atoms with Crippen molar-refractivity contribution in [2.45, 2.75) is 50.7 Å². The highest BCUT2D eigenvalue weighted by Gasteiger charge is 2.25. The van der Waals surface area contributed by atoms with Gasteiger partial charge in [-0.15, -0.1) is 0 Å². The monoisotopic (exact) mass is 402 g/mol. The second-order valence-corrected chi connectivity index (χ2v) is 6.02. The van der Waals surface area contributed by atoms with Gasteiger partial charge >= 0.3 is 5.97 Å². The average Bonchev–Trinajstić information content (AvgIpc) is 2.60. The van der Waals surface area contributed by atoms with E-state index >= 15 is 0 Å². The molecule has 3 atom stereocenters. The molecule has 158 valence electrons. The number of hydrogen-bond donors (Lipinski definition) is 7. The number of carboxylic acid groups (broad SMARTS) is 1. The highest BCUT2D eigenvalue weighted by atomic mass is 16.4. The minimum atomic E-state index is -1.29. The Morgan fingerprint density at radius 2 is 1.43 bits per heavy atom. The first-order chi connectivity index (χ1) is 12.9. The summed E-state index contributed by atoms with van der Waals surface area (Å²) in [6.45, 7) is 0.693. The third-order valence-corrected chi connectivity index (χ3v) is 3.52. The van der Waals surface area contributed by atoms with Crippen LogP contribution in [0.25, 0.3) is 0 Å². The molecule has 0 fully saturated rings. The molecule has 28 heavy (non-hydrogen) atoms. The summed E-state index contributed by atoms with van der Waals surface area (Å²) in [6.07, 6.45) is -0.493. The Labute approximate surface area is 160 Å². The molecule has 0 aliphatic heterocycles. The summed E-state index contributed by atoms with van der Waals surface area (Å²) in [7, 11) is 0. The fourth-order valence-electron chi connectivity index (χ4n) is 1.90. The first kappa shape index (κ1) is 24.8. The van der Waals surface area contributed by atoms with Gasteiger partial charge in [-0.25, -0.2) is 0 Å². The van der Waals surface area contributed by atoms with Crippen molar-refractivity contribution >= 4 is 35.5 Å². The van der Waals surface area contributed by atoms with Crippen molar-refractivity contribution in [3.8, 4) is 0 Å². The van der Waals surface area contributed by atoms with Crippen molar-refractivity contribution in [1.82, 2.24) is 16.0 Å². The van der Waals surface area contributed by atoms with Crippen LogP contribution in [0, 0.1) is 0 Å². The maximum Gasteiger partial charge on any atom is 0.325 e. The molecule has 0 rings (SSSR count). The van der Waals surface area contributed by atoms with Crippen LogP contribution in [0.1, 0.15) is 32.6 Å². The molecule has 0 bridgehead atoms. The minimum Gasteiger partial charge on any atom is -0.480 e. The van der Waals surface area contributed by atoms with E-state index < -0.39 is 60.2 Å². The first-order valence-electron chi connectivity index (χ1n) is 8.36. The summed E-state index contributed by atoms with van der Waals surface area (Å²) in [6, 6.07) is -3.50. The van der Waals surface area contributed by atoms with Crippen LogP contribution >= 0.6 is 0 Å². The third-order valence-electron chi connectivity index (χ3n) is 3.52. The predicted molar refractivity (Wildman–Crippen MR) is 95.0 cm³/mol. The number of amides is 5. The van der Waals surface area contributed by atoms with Gasteiger partial charge in [0.05, 0.1) is 12.6 Å². The normalized spacial score (nSPS) is 13.5. The van der Waals surface area contributed by atoms with Crippen LogP contribution in [0.3, 0.4) is 0 Å². The molecule has 0 radical (unpaired) electrons. The molecule has 0 spiro atoms. The van der Waals surface area contributed by atoms with Crippen molar-refractivity contribution in [2.24, 2.45) is 17.2 Å². The molecule has 0 aromatic heterocycles. The zero-order valence-electron chi connectivity index (χ0n) is 15.4. The molecule has 0 saturated heterocycles. The van der Waals surface area contributed by atoms with Gasteiger partial charge in [0, 0.05) is 12.8 Å². The largest absolute Gasteiger partial charge is 0.480 e. The lowest BCUT2D eigenvalue weighted by Gasteiger charge is -2.20. The van der Waals surface area contributed by atoms with E-state index in [0.29, 0.717) is 0 Å². The highest BCUT2D eigenvalue weighted by Crippen LogP contribution is 1.99. The highest BCUT2D eigenvalue weighted by molar-refractivity contribution is 5.92. The molecule has 0 saturated carbocycles. The molecule has 10 N–H and O–H groups in total. The van der Waals surface area contributed by atoms with E-state index in [2.05, 4.69) is 16.0 Å². The molecular weight excluding hydrogens is 376 g/mol. The van der Waals surface area contributed by atoms with Crippen LogP contribution < -0.4 is 33.2 Å². The Morgan fingerprint density at radius 3 is 1.93 bits per heavy atom. The lowest BCUT2D eigenvalue weighted by molar-refractivity contribution is -0.141. The van der Waals surface area contributed by atoms with Gasteiger partial charge in [0.2, 0.25) is 29.5 Å². The quantitative estimate of drug-likeness (QED) is 0.160. The van der Waals surface area contributed by atoms with Gasteiger partial charge < -0.3 is 38.3 Å². The maximum absolute atomic E-state index is 12.1. The predicted octanol–water partition coefficient (Wildman–Crippen LogP) is -3.96. The van der Waals surface area contributed by atoms with Crippen LogP contribution in [0.4, 0.5) is 0 Å². The summed E-state index contributed by atoms with van der Waals surface area (Å²) in [4.78, 5) is 68.2. The zero-order chi connectivity index (χ0) is 21.9. The van der Waals surface area contributed by atoms with E-state index in [4.69, 9.17) is 22.3 Å². The van der Waals surface area contributed by atoms with E-state index in [-0.39, 0.29) is 25.7 Å². The van der Waals surface area contributed by atoms with Gasteiger partial charge in [0.25, 0.3) is 0 Å². The van der Waals surface area contributed by atoms with Crippen molar-refractivity contribution in [3.05, 3.63) is 0 Å². The zero-order valence-corrected chi connectivity index (χ0v) is 15.4. The standard InChI is InChI=1S/C15H26N6O7/c1-7(15(27)28)20-14(26)9(3-5-11(18)23)21-12(24)6-19-13(25)8(16)2-4-10(17)22/h7-9H,2-6,16H2,1H3,(H2,17,22)(H2,18,23)(H,19,25)(H,20,26)(H,21,24)(H,27,28). The maximum atomic E-state index is 12.1. The van der Waals surface area contributed by atoms with Crippen LogP contribution in [0.15, 0.2) is 0 Å². The summed E-state index contributed by atoms with van der Waals surface area (Å²) >= 11 is 0. The summed E-state index contributed by atoms with van der Waals surface area (Å²) in [5.41, 5.74) is 15.5. The number of nitrogens with one attached hydrogen (secondary N) is 3. The first-order valence-corrected chi connectivity index (χ1v) is 8.36. The van der Waals surface area contributed by atoms with E-state index in [1.165, 1.54) is 6.92 Å². The fourth-order valence-corrected chi connectivity index (χ4v) is 1.90. The summed E-state index contributed by atoms with van der Waals surface area (Å²) < 4.78 is 0. The van der Waals surface area contributed by atoms with Crippen LogP contribution in [-0.2, 0) is 28.8 Å². The third kappa shape index (κ3) is 10.7. The molecule has 0 heterocycles. The molecule has 0 aromatic carbocycles. The number of hydrogen-bond acceptors (Lipinski definition) is 7. The number of carboxylic acids is 1. The van der Waals surface area contributed by atoms with Gasteiger partial charge in [-0.3, -0.25) is 28.8 Å². The molecule has 3 unspecified atom stereocenters. The molecule has 0 aliphatic carbocycles. The fraction of sp³-hybridized carbons (Fsp3) is 0.600. The Morgan fingerprint density at radius 1 is 0.893 bits per heavy atom. The number of rotatable bonds is 13. The number of carbonyl (C=O) groups excluding carboxylic acids is 5. The number of carbonyl (C=O) groups is 6. The molecule has 5 amide bonds. The lowest BCUT2D eigenvalue weighted by Crippen LogP contribution is -2.53. The SMILES string of the molecule is CC(NC(=O)C(CCC(N)=O)NC(=O)CNC(=O)C(N)CCC(N)=O)C(=O)O. The molecule has 13 heteroatoms. The van der Waals surface area contributed by atoms with Crippen LogP contribution in [-0.4, -0.2) is 65.3 Å². The van der Waals surface area contributed by atoms with Crippen molar-refractivity contribution in [3.63, 3.8) is 0 Å². The van der Waals surface area contributed by atoms with Crippen LogP contribution in [0.5, 0.6) is 0 Å². The van der Waals surface area contributed by atoms with Crippen molar-refractivity contribution in [2.75, 3.05) is 6.54 Å². The van der Waals surface area contributed by atoms with E-state index in [0.717, 1.165) is 0 Å². The van der Waals surface area contributed by atoms with Crippen LogP contribution in [0.2, 0.25) is 0 Å². The number of aliphatic carboxylic acids is 1. The van der Waals surface area contributed by atoms with Crippen molar-refractivity contribution in [1.29, 1.82) is 0 Å². The molecule has 0 aliphatic rings. The molecular formula is C15H26N6O7. The Kier molecular flexibility index (Phi) is 10.8. The second-order valence-electron chi connectivity index (χ2n) is 6.02. The summed E-state index contributed by atoms with van der Waals surface area (Å²) in [5, 5.41) is 15.5. The Hall–Kier alpha value is -3.22. The van der Waals surface area contributed by atoms with Gasteiger partial charge in [-0.2, -0.15) is 0 Å². The van der Waals surface area contributed by atoms with Gasteiger partial charge in [0.1, 0.15) is 12.1 Å². The van der Waals surface area contributed by atoms with Gasteiger partial charge in [-0.1, -0.05) is 0 Å². The Balaban J connectivity index is 4.70. The summed E-state index contributed by atoms with van der Waals surface area (Å²) in [5.74, 6) is -4.93.